The van der Waals surface area contributed by atoms with Gasteiger partial charge in [-0.1, -0.05) is 13.8 Å². The monoisotopic (exact) mass is 271 g/mol. The summed E-state index contributed by atoms with van der Waals surface area (Å²) in [6, 6.07) is 2.30. The van der Waals surface area contributed by atoms with Gasteiger partial charge in [0.15, 0.2) is 5.96 Å². The standard InChI is InChI=1S/C4H6N4.C4H11N3.C3H9N/c5-4(6)8-3-1-2-7-8;1-3(2)7-4(5)6;1-3(2)4/h1-3H,(H3,5,6);3H,1-2H3,(H4,5,6,7);3H,4H2,1-2H3/p+1. The predicted octanol–water partition coefficient (Wildman–Crippen LogP) is -2.17. The fraction of sp³-hybridized carbons (Fsp3) is 0.545. The van der Waals surface area contributed by atoms with E-state index < -0.39 is 0 Å². The van der Waals surface area contributed by atoms with Crippen LogP contribution in [0, 0.1) is 0 Å². The summed E-state index contributed by atoms with van der Waals surface area (Å²) >= 11 is 0. The van der Waals surface area contributed by atoms with Gasteiger partial charge in [-0.25, -0.2) is 0 Å². The summed E-state index contributed by atoms with van der Waals surface area (Å²) in [5, 5.41) is 8.90. The Kier molecular flexibility index (Phi) is 11.2. The van der Waals surface area contributed by atoms with Crippen molar-refractivity contribution in [2.75, 3.05) is 0 Å². The van der Waals surface area contributed by atoms with Crippen molar-refractivity contribution in [1.82, 2.24) is 9.78 Å². The second-order valence-electron chi connectivity index (χ2n) is 4.27. The zero-order chi connectivity index (χ0) is 15.4. The van der Waals surface area contributed by atoms with Crippen LogP contribution in [0.15, 0.2) is 23.5 Å². The third-order valence-corrected chi connectivity index (χ3v) is 1.18. The molecule has 0 aliphatic rings. The largest absolute Gasteiger partial charge is 0.370 e. The first-order valence-corrected chi connectivity index (χ1v) is 5.89. The van der Waals surface area contributed by atoms with Gasteiger partial charge in [0.2, 0.25) is 0 Å². The Bertz CT molecular complexity index is 346. The minimum Gasteiger partial charge on any atom is -0.370 e. The number of hydrogen-bond acceptors (Lipinski definition) is 3. The van der Waals surface area contributed by atoms with Crippen molar-refractivity contribution >= 4 is 11.9 Å². The number of guanidine groups is 1. The first kappa shape index (κ1) is 19.3. The molecular formula is C11H27N8+. The summed E-state index contributed by atoms with van der Waals surface area (Å²) < 4.78 is 1.39. The van der Waals surface area contributed by atoms with E-state index in [0.717, 1.165) is 0 Å². The van der Waals surface area contributed by atoms with Crippen molar-refractivity contribution in [1.29, 1.82) is 0 Å². The van der Waals surface area contributed by atoms with E-state index >= 15 is 0 Å². The number of rotatable bonds is 1. The lowest BCUT2D eigenvalue weighted by Crippen LogP contribution is -2.50. The van der Waals surface area contributed by atoms with E-state index in [1.165, 1.54) is 4.68 Å². The maximum Gasteiger partial charge on any atom is 0.369 e. The molecule has 0 radical (unpaired) electrons. The molecule has 0 aromatic carbocycles. The van der Waals surface area contributed by atoms with Crippen LogP contribution in [0.4, 0.5) is 0 Å². The van der Waals surface area contributed by atoms with Crippen LogP contribution in [0.3, 0.4) is 0 Å². The zero-order valence-electron chi connectivity index (χ0n) is 12.1. The van der Waals surface area contributed by atoms with E-state index in [1.54, 1.807) is 18.5 Å². The number of hydrogen-bond donors (Lipinski definition) is 5. The molecule has 0 amide bonds. The van der Waals surface area contributed by atoms with Crippen molar-refractivity contribution in [3.8, 4) is 0 Å². The lowest BCUT2D eigenvalue weighted by atomic mass is 10.4. The van der Waals surface area contributed by atoms with Crippen LogP contribution in [0.2, 0.25) is 0 Å². The van der Waals surface area contributed by atoms with Gasteiger partial charge in [0, 0.05) is 6.04 Å². The Morgan fingerprint density at radius 1 is 1.21 bits per heavy atom. The number of nitrogens with two attached hydrogens (primary N) is 5. The molecule has 0 aliphatic heterocycles. The summed E-state index contributed by atoms with van der Waals surface area (Å²) in [5.41, 5.74) is 20.3. The topological polar surface area (TPSA) is 160 Å². The normalized spacial score (nSPS) is 9.00. The molecule has 0 unspecified atom stereocenters. The van der Waals surface area contributed by atoms with Crippen molar-refractivity contribution in [2.24, 2.45) is 27.9 Å². The summed E-state index contributed by atoms with van der Waals surface area (Å²) in [7, 11) is 0. The minimum absolute atomic E-state index is 0.162. The van der Waals surface area contributed by atoms with Crippen LogP contribution in [0.5, 0.6) is 0 Å². The van der Waals surface area contributed by atoms with E-state index in [1.807, 2.05) is 27.7 Å². The molecule has 0 aliphatic carbocycles. The molecule has 110 valence electrons. The molecule has 8 heteroatoms. The maximum atomic E-state index is 5.15. The zero-order valence-corrected chi connectivity index (χ0v) is 12.1. The molecule has 10 N–H and O–H groups in total. The highest BCUT2D eigenvalue weighted by Gasteiger charge is 1.96. The van der Waals surface area contributed by atoms with Crippen LogP contribution < -0.4 is 28.3 Å². The molecule has 1 heterocycles. The maximum absolute atomic E-state index is 5.15. The molecule has 0 spiro atoms. The van der Waals surface area contributed by atoms with Gasteiger partial charge in [-0.2, -0.15) is 0 Å². The van der Waals surface area contributed by atoms with Crippen LogP contribution in [0.1, 0.15) is 27.7 Å². The van der Waals surface area contributed by atoms with Gasteiger partial charge in [-0.15, -0.1) is 9.78 Å². The number of aromatic nitrogens is 2. The lowest BCUT2D eigenvalue weighted by Gasteiger charge is -1.93. The summed E-state index contributed by atoms with van der Waals surface area (Å²) in [5.74, 6) is 0.352. The second-order valence-corrected chi connectivity index (χ2v) is 4.27. The Labute approximate surface area is 114 Å². The highest BCUT2D eigenvalue weighted by Crippen LogP contribution is 1.80. The molecule has 8 nitrogen and oxygen atoms in total. The third-order valence-electron chi connectivity index (χ3n) is 1.18. The van der Waals surface area contributed by atoms with E-state index in [4.69, 9.17) is 28.3 Å². The molecule has 1 aromatic rings. The molecular weight excluding hydrogens is 244 g/mol. The average Bonchev–Trinajstić information content (AvgIpc) is 2.66. The summed E-state index contributed by atoms with van der Waals surface area (Å²) in [6.07, 6.45) is 3.29. The molecule has 1 rings (SSSR count). The quantitative estimate of drug-likeness (QED) is 0.290. The van der Waals surface area contributed by atoms with E-state index in [0.29, 0.717) is 6.04 Å². The van der Waals surface area contributed by atoms with Gasteiger partial charge < -0.3 is 17.2 Å². The number of aliphatic imine (C=N–C) groups is 1. The van der Waals surface area contributed by atoms with Crippen LogP contribution in [0.25, 0.3) is 0 Å². The van der Waals surface area contributed by atoms with Crippen LogP contribution in [-0.4, -0.2) is 33.8 Å². The van der Waals surface area contributed by atoms with Crippen molar-refractivity contribution in [3.63, 3.8) is 0 Å². The smallest absolute Gasteiger partial charge is 0.369 e. The van der Waals surface area contributed by atoms with Gasteiger partial charge >= 0.3 is 5.96 Å². The van der Waals surface area contributed by atoms with Gasteiger partial charge in [-0.05, 0) is 26.0 Å². The van der Waals surface area contributed by atoms with Crippen molar-refractivity contribution < 1.29 is 5.41 Å². The Hall–Kier alpha value is -2.09. The van der Waals surface area contributed by atoms with Crippen LogP contribution in [-0.2, 0) is 0 Å². The molecule has 1 aromatic heterocycles. The predicted molar refractivity (Wildman–Crippen MR) is 79.0 cm³/mol. The SMILES string of the molecule is CC(C)N.CC(C)N=C(N)N.NC(=[NH2+])n1cccn1. The average molecular weight is 271 g/mol. The van der Waals surface area contributed by atoms with Gasteiger partial charge in [0.05, 0.1) is 12.4 Å². The fourth-order valence-corrected chi connectivity index (χ4v) is 0.720. The third kappa shape index (κ3) is 18.5. The van der Waals surface area contributed by atoms with E-state index in [-0.39, 0.29) is 18.0 Å². The van der Waals surface area contributed by atoms with Crippen molar-refractivity contribution in [3.05, 3.63) is 18.5 Å². The highest BCUT2D eigenvalue weighted by molar-refractivity contribution is 5.75. The fourth-order valence-electron chi connectivity index (χ4n) is 0.720. The Morgan fingerprint density at radius 3 is 1.79 bits per heavy atom. The highest BCUT2D eigenvalue weighted by atomic mass is 15.3. The molecule has 19 heavy (non-hydrogen) atoms. The minimum atomic E-state index is 0.162. The summed E-state index contributed by atoms with van der Waals surface area (Å²) in [6.45, 7) is 7.72. The number of nitrogens with zero attached hydrogens (tertiary/aromatic N) is 3. The van der Waals surface area contributed by atoms with E-state index in [9.17, 15) is 0 Å². The first-order valence-electron chi connectivity index (χ1n) is 5.89. The van der Waals surface area contributed by atoms with Crippen LogP contribution >= 0.6 is 0 Å². The Morgan fingerprint density at radius 2 is 1.68 bits per heavy atom. The van der Waals surface area contributed by atoms with Gasteiger partial charge in [-0.3, -0.25) is 16.1 Å². The van der Waals surface area contributed by atoms with E-state index in [2.05, 4.69) is 10.1 Å². The van der Waals surface area contributed by atoms with Gasteiger partial charge in [0.1, 0.15) is 0 Å². The summed E-state index contributed by atoms with van der Waals surface area (Å²) in [4.78, 5) is 3.75. The van der Waals surface area contributed by atoms with Gasteiger partial charge in [0.25, 0.3) is 0 Å². The lowest BCUT2D eigenvalue weighted by molar-refractivity contribution is -0.120. The second kappa shape index (κ2) is 11.0. The molecule has 0 fully saturated rings. The van der Waals surface area contributed by atoms with Crippen molar-refractivity contribution in [2.45, 2.75) is 39.8 Å². The molecule has 0 saturated carbocycles. The molecule has 0 saturated heterocycles. The molecule has 0 bridgehead atoms. The Balaban J connectivity index is 0. The molecule has 0 atom stereocenters. The first-order chi connectivity index (χ1) is 8.66.